The summed E-state index contributed by atoms with van der Waals surface area (Å²) in [5.41, 5.74) is 5.00. The van der Waals surface area contributed by atoms with Gasteiger partial charge in [-0.15, -0.1) is 0 Å². The van der Waals surface area contributed by atoms with Gasteiger partial charge in [0.15, 0.2) is 0 Å². The Morgan fingerprint density at radius 3 is 2.08 bits per heavy atom. The molecule has 0 amide bonds. The van der Waals surface area contributed by atoms with Gasteiger partial charge in [0.2, 0.25) is 0 Å². The van der Waals surface area contributed by atoms with Gasteiger partial charge in [-0.05, 0) is 59.7 Å². The second-order valence-corrected chi connectivity index (χ2v) is 7.48. The van der Waals surface area contributed by atoms with Crippen LogP contribution in [0.4, 0.5) is 0 Å². The molecule has 0 fully saturated rings. The van der Waals surface area contributed by atoms with Crippen LogP contribution >= 0.6 is 0 Å². The Morgan fingerprint density at radius 2 is 1.58 bits per heavy atom. The molecule has 0 radical (unpaired) electrons. The van der Waals surface area contributed by atoms with Gasteiger partial charge in [0.05, 0.1) is 14.2 Å². The fourth-order valence-electron chi connectivity index (χ4n) is 2.84. The van der Waals surface area contributed by atoms with Crippen LogP contribution in [0, 0.1) is 13.8 Å². The number of rotatable bonds is 5. The van der Waals surface area contributed by atoms with Gasteiger partial charge < -0.3 is 14.2 Å². The summed E-state index contributed by atoms with van der Waals surface area (Å²) < 4.78 is 16.0. The number of esters is 1. The summed E-state index contributed by atoms with van der Waals surface area (Å²) >= 11 is 0. The minimum absolute atomic E-state index is 0.0820. The van der Waals surface area contributed by atoms with Crippen LogP contribution in [0.25, 0.3) is 0 Å². The molecule has 0 spiro atoms. The molecule has 0 bridgehead atoms. The molecule has 4 nitrogen and oxygen atoms in total. The van der Waals surface area contributed by atoms with Crippen molar-refractivity contribution in [2.75, 3.05) is 14.2 Å². The van der Waals surface area contributed by atoms with Gasteiger partial charge in [0.25, 0.3) is 0 Å². The van der Waals surface area contributed by atoms with Crippen LogP contribution in [-0.2, 0) is 16.8 Å². The van der Waals surface area contributed by atoms with Crippen LogP contribution in [0.1, 0.15) is 53.4 Å². The molecule has 0 N–H and O–H groups in total. The lowest BCUT2D eigenvalue weighted by molar-refractivity contribution is 0.0467. The van der Waals surface area contributed by atoms with E-state index in [-0.39, 0.29) is 12.0 Å². The zero-order valence-corrected chi connectivity index (χ0v) is 16.7. The summed E-state index contributed by atoms with van der Waals surface area (Å²) in [7, 11) is 3.08. The lowest BCUT2D eigenvalue weighted by Gasteiger charge is -2.22. The van der Waals surface area contributed by atoms with E-state index in [9.17, 15) is 4.79 Å². The first-order valence-electron chi connectivity index (χ1n) is 8.67. The molecule has 0 atom stereocenters. The summed E-state index contributed by atoms with van der Waals surface area (Å²) in [5, 5.41) is 0. The number of methoxy groups -OCH3 is 2. The smallest absolute Gasteiger partial charge is 0.342 e. The highest BCUT2D eigenvalue weighted by Crippen LogP contribution is 2.28. The maximum atomic E-state index is 12.6. The molecule has 140 valence electrons. The Kier molecular flexibility index (Phi) is 5.96. The van der Waals surface area contributed by atoms with E-state index >= 15 is 0 Å². The molecule has 0 heterocycles. The lowest BCUT2D eigenvalue weighted by atomic mass is 9.84. The van der Waals surface area contributed by atoms with E-state index in [4.69, 9.17) is 14.2 Å². The Bertz CT molecular complexity index is 777. The van der Waals surface area contributed by atoms with Crippen LogP contribution in [0.5, 0.6) is 11.5 Å². The minimum atomic E-state index is -0.431. The van der Waals surface area contributed by atoms with Crippen molar-refractivity contribution in [3.8, 4) is 11.5 Å². The molecule has 0 aliphatic heterocycles. The molecule has 0 aromatic heterocycles. The van der Waals surface area contributed by atoms with Crippen LogP contribution < -0.4 is 9.47 Å². The number of aryl methyl sites for hydroxylation is 2. The third-order valence-electron chi connectivity index (χ3n) is 4.54. The van der Waals surface area contributed by atoms with Crippen molar-refractivity contribution in [1.82, 2.24) is 0 Å². The number of ether oxygens (including phenoxy) is 3. The molecular formula is C22H28O4. The fourth-order valence-corrected chi connectivity index (χ4v) is 2.84. The standard InChI is InChI=1S/C22H28O4/c1-14-10-16(22(3,4)5)11-15(2)19(14)13-26-21(23)18-12-17(24-6)8-9-20(18)25-7/h8-12H,13H2,1-7H3. The zero-order chi connectivity index (χ0) is 19.5. The van der Waals surface area contributed by atoms with Gasteiger partial charge >= 0.3 is 5.97 Å². The van der Waals surface area contributed by atoms with E-state index in [1.807, 2.05) is 0 Å². The highest BCUT2D eigenvalue weighted by Gasteiger charge is 2.19. The predicted molar refractivity (Wildman–Crippen MR) is 103 cm³/mol. The number of benzene rings is 2. The lowest BCUT2D eigenvalue weighted by Crippen LogP contribution is -2.13. The molecule has 2 aromatic rings. The van der Waals surface area contributed by atoms with Crippen molar-refractivity contribution < 1.29 is 19.0 Å². The topological polar surface area (TPSA) is 44.8 Å². The van der Waals surface area contributed by atoms with E-state index in [1.165, 1.54) is 12.7 Å². The van der Waals surface area contributed by atoms with Crippen LogP contribution in [0.15, 0.2) is 30.3 Å². The second-order valence-electron chi connectivity index (χ2n) is 7.48. The zero-order valence-electron chi connectivity index (χ0n) is 16.7. The van der Waals surface area contributed by atoms with E-state index in [2.05, 4.69) is 46.8 Å². The maximum absolute atomic E-state index is 12.6. The van der Waals surface area contributed by atoms with E-state index in [1.54, 1.807) is 25.3 Å². The third-order valence-corrected chi connectivity index (χ3v) is 4.54. The summed E-state index contributed by atoms with van der Waals surface area (Å²) in [6.07, 6.45) is 0. The van der Waals surface area contributed by atoms with Crippen molar-refractivity contribution >= 4 is 5.97 Å². The number of carbonyl (C=O) groups is 1. The van der Waals surface area contributed by atoms with Crippen molar-refractivity contribution in [1.29, 1.82) is 0 Å². The van der Waals surface area contributed by atoms with Crippen LogP contribution in [0.3, 0.4) is 0 Å². The van der Waals surface area contributed by atoms with E-state index in [0.717, 1.165) is 16.7 Å². The SMILES string of the molecule is COc1ccc(OC)c(C(=O)OCc2c(C)cc(C(C)(C)C)cc2C)c1. The quantitative estimate of drug-likeness (QED) is 0.709. The second kappa shape index (κ2) is 7.81. The average molecular weight is 356 g/mol. The number of hydrogen-bond acceptors (Lipinski definition) is 4. The van der Waals surface area contributed by atoms with Crippen LogP contribution in [-0.4, -0.2) is 20.2 Å². The molecule has 0 unspecified atom stereocenters. The minimum Gasteiger partial charge on any atom is -0.497 e. The molecule has 2 rings (SSSR count). The highest BCUT2D eigenvalue weighted by molar-refractivity contribution is 5.93. The Hall–Kier alpha value is -2.49. The molecule has 4 heteroatoms. The highest BCUT2D eigenvalue weighted by atomic mass is 16.5. The van der Waals surface area contributed by atoms with E-state index < -0.39 is 5.97 Å². The molecule has 2 aromatic carbocycles. The molecule has 0 saturated carbocycles. The number of hydrogen-bond donors (Lipinski definition) is 0. The van der Waals surface area contributed by atoms with Crippen molar-refractivity contribution in [2.24, 2.45) is 0 Å². The average Bonchev–Trinajstić information content (AvgIpc) is 2.59. The van der Waals surface area contributed by atoms with Gasteiger partial charge in [-0.2, -0.15) is 0 Å². The van der Waals surface area contributed by atoms with Crippen LogP contribution in [0.2, 0.25) is 0 Å². The maximum Gasteiger partial charge on any atom is 0.342 e. The van der Waals surface area contributed by atoms with Crippen molar-refractivity contribution in [2.45, 2.75) is 46.6 Å². The molecule has 0 aliphatic rings. The molecule has 0 aliphatic carbocycles. The van der Waals surface area contributed by atoms with Gasteiger partial charge in [-0.25, -0.2) is 4.79 Å². The summed E-state index contributed by atoms with van der Waals surface area (Å²) in [5.74, 6) is 0.617. The number of carbonyl (C=O) groups excluding carboxylic acids is 1. The van der Waals surface area contributed by atoms with Gasteiger partial charge in [0, 0.05) is 0 Å². The normalized spacial score (nSPS) is 11.2. The molecule has 26 heavy (non-hydrogen) atoms. The largest absolute Gasteiger partial charge is 0.497 e. The first-order chi connectivity index (χ1) is 12.2. The Balaban J connectivity index is 2.23. The Morgan fingerprint density at radius 1 is 0.962 bits per heavy atom. The first kappa shape index (κ1) is 19.8. The molecule has 0 saturated heterocycles. The van der Waals surface area contributed by atoms with Gasteiger partial charge in [0.1, 0.15) is 23.7 Å². The van der Waals surface area contributed by atoms with Crippen molar-refractivity contribution in [3.63, 3.8) is 0 Å². The summed E-state index contributed by atoms with van der Waals surface area (Å²) in [6, 6.07) is 9.41. The molecular weight excluding hydrogens is 328 g/mol. The summed E-state index contributed by atoms with van der Waals surface area (Å²) in [4.78, 5) is 12.6. The van der Waals surface area contributed by atoms with Gasteiger partial charge in [-0.1, -0.05) is 32.9 Å². The van der Waals surface area contributed by atoms with E-state index in [0.29, 0.717) is 17.1 Å². The predicted octanol–water partition coefficient (Wildman–Crippen LogP) is 4.98. The third kappa shape index (κ3) is 4.37. The summed E-state index contributed by atoms with van der Waals surface area (Å²) in [6.45, 7) is 10.9. The van der Waals surface area contributed by atoms with Crippen molar-refractivity contribution in [3.05, 3.63) is 58.1 Å². The fraction of sp³-hybridized carbons (Fsp3) is 0.409. The Labute approximate surface area is 156 Å². The van der Waals surface area contributed by atoms with Gasteiger partial charge in [-0.3, -0.25) is 0 Å². The monoisotopic (exact) mass is 356 g/mol. The first-order valence-corrected chi connectivity index (χ1v) is 8.67.